The van der Waals surface area contributed by atoms with Crippen molar-refractivity contribution in [3.63, 3.8) is 0 Å². The number of allylic oxidation sites excluding steroid dienone is 1. The number of aliphatic hydroxyl groups excluding tert-OH is 1. The Morgan fingerprint density at radius 2 is 1.85 bits per heavy atom. The summed E-state index contributed by atoms with van der Waals surface area (Å²) < 4.78 is 0. The van der Waals surface area contributed by atoms with Crippen molar-refractivity contribution in [1.29, 1.82) is 0 Å². The molecule has 3 N–H and O–H groups in total. The lowest BCUT2D eigenvalue weighted by molar-refractivity contribution is 0.281. The predicted molar refractivity (Wildman–Crippen MR) is 113 cm³/mol. The summed E-state index contributed by atoms with van der Waals surface area (Å²) >= 11 is 0. The monoisotopic (exact) mass is 369 g/mol. The summed E-state index contributed by atoms with van der Waals surface area (Å²) in [4.78, 5) is 14.5. The molecular weight excluding hydrogens is 338 g/mol. The molecule has 6 nitrogen and oxygen atoms in total. The van der Waals surface area contributed by atoms with Crippen LogP contribution in [0.15, 0.2) is 18.7 Å². The third-order valence-electron chi connectivity index (χ3n) is 4.36. The maximum absolute atomic E-state index is 9.37. The molecule has 0 aliphatic heterocycles. The number of pyridine rings is 1. The summed E-state index contributed by atoms with van der Waals surface area (Å²) in [5, 5.41) is 15.8. The Hall–Kier alpha value is -2.47. The second-order valence-corrected chi connectivity index (χ2v) is 7.11. The largest absolute Gasteiger partial charge is 0.394 e. The molecule has 1 atom stereocenters. The molecule has 0 saturated carbocycles. The van der Waals surface area contributed by atoms with E-state index in [1.54, 1.807) is 0 Å². The van der Waals surface area contributed by atoms with Crippen molar-refractivity contribution in [1.82, 2.24) is 15.0 Å². The van der Waals surface area contributed by atoms with Crippen LogP contribution >= 0.6 is 0 Å². The van der Waals surface area contributed by atoms with Gasteiger partial charge in [0, 0.05) is 24.3 Å². The lowest BCUT2D eigenvalue weighted by Gasteiger charge is -2.19. The van der Waals surface area contributed by atoms with Gasteiger partial charge in [-0.1, -0.05) is 27.4 Å². The van der Waals surface area contributed by atoms with Crippen molar-refractivity contribution in [2.75, 3.05) is 24.3 Å². The van der Waals surface area contributed by atoms with Crippen LogP contribution in [0.1, 0.15) is 57.6 Å². The molecule has 27 heavy (non-hydrogen) atoms. The quantitative estimate of drug-likeness (QED) is 0.650. The van der Waals surface area contributed by atoms with Gasteiger partial charge in [-0.25, -0.2) is 15.0 Å². The van der Waals surface area contributed by atoms with E-state index in [-0.39, 0.29) is 12.6 Å². The number of hydrogen-bond acceptors (Lipinski definition) is 6. The number of anilines is 2. The highest BCUT2D eigenvalue weighted by Gasteiger charge is 2.19. The van der Waals surface area contributed by atoms with Crippen molar-refractivity contribution >= 4 is 17.2 Å². The van der Waals surface area contributed by atoms with Crippen LogP contribution in [0.3, 0.4) is 0 Å². The molecule has 146 valence electrons. The highest BCUT2D eigenvalue weighted by Crippen LogP contribution is 2.32. The molecule has 0 radical (unpaired) electrons. The minimum atomic E-state index is -0.118. The summed E-state index contributed by atoms with van der Waals surface area (Å²) in [5.74, 6) is 1.80. The van der Waals surface area contributed by atoms with Gasteiger partial charge in [0.1, 0.15) is 11.5 Å². The summed E-state index contributed by atoms with van der Waals surface area (Å²) in [7, 11) is 1.87. The van der Waals surface area contributed by atoms with Crippen LogP contribution in [0.4, 0.5) is 11.6 Å². The fourth-order valence-electron chi connectivity index (χ4n) is 2.79. The Labute approximate surface area is 162 Å². The van der Waals surface area contributed by atoms with E-state index in [2.05, 4.69) is 44.1 Å². The molecule has 2 aromatic heterocycles. The van der Waals surface area contributed by atoms with Crippen LogP contribution in [-0.2, 0) is 6.42 Å². The van der Waals surface area contributed by atoms with Crippen molar-refractivity contribution < 1.29 is 5.11 Å². The minimum Gasteiger partial charge on any atom is -0.394 e. The second kappa shape index (κ2) is 8.95. The van der Waals surface area contributed by atoms with Crippen molar-refractivity contribution in [2.45, 2.75) is 53.0 Å². The fraction of sp³-hybridized carbons (Fsp3) is 0.476. The van der Waals surface area contributed by atoms with Gasteiger partial charge >= 0.3 is 0 Å². The van der Waals surface area contributed by atoms with Gasteiger partial charge in [-0.15, -0.1) is 0 Å². The lowest BCUT2D eigenvalue weighted by atomic mass is 10.0. The predicted octanol–water partition coefficient (Wildman–Crippen LogP) is 4.09. The standard InChI is InChI=1S/C21H31N5O/c1-8-16-19(15-9-10-17(12(2)3)25-20(15)22-7)26-18(13(4)5)21(24-16)23-14(6)11-27/h9-10,12,14,27H,4,8,11H2,1-3,5-7H3,(H,22,25)(H,23,24). The topological polar surface area (TPSA) is 83.0 Å². The Morgan fingerprint density at radius 1 is 1.15 bits per heavy atom. The number of nitrogens with zero attached hydrogens (tertiary/aromatic N) is 3. The van der Waals surface area contributed by atoms with E-state index in [1.165, 1.54) is 0 Å². The molecule has 2 heterocycles. The number of nitrogens with one attached hydrogen (secondary N) is 2. The first-order chi connectivity index (χ1) is 12.8. The average Bonchev–Trinajstić information content (AvgIpc) is 2.66. The van der Waals surface area contributed by atoms with Gasteiger partial charge in [0.2, 0.25) is 0 Å². The van der Waals surface area contributed by atoms with Gasteiger partial charge in [-0.3, -0.25) is 0 Å². The first kappa shape index (κ1) is 20.8. The molecule has 0 aliphatic rings. The third kappa shape index (κ3) is 4.63. The van der Waals surface area contributed by atoms with Gasteiger partial charge in [-0.2, -0.15) is 0 Å². The van der Waals surface area contributed by atoms with Crippen molar-refractivity contribution in [3.05, 3.63) is 35.8 Å². The summed E-state index contributed by atoms with van der Waals surface area (Å²) in [6, 6.07) is 3.98. The van der Waals surface area contributed by atoms with Gasteiger partial charge < -0.3 is 15.7 Å². The van der Waals surface area contributed by atoms with Crippen LogP contribution in [0.2, 0.25) is 0 Å². The van der Waals surface area contributed by atoms with E-state index in [9.17, 15) is 5.11 Å². The van der Waals surface area contributed by atoms with Crippen LogP contribution in [0.5, 0.6) is 0 Å². The van der Waals surface area contributed by atoms with Crippen molar-refractivity contribution in [2.24, 2.45) is 0 Å². The van der Waals surface area contributed by atoms with Gasteiger partial charge in [0.05, 0.1) is 18.0 Å². The molecule has 0 saturated heterocycles. The summed E-state index contributed by atoms with van der Waals surface area (Å²) in [5.41, 5.74) is 5.17. The molecule has 0 aliphatic carbocycles. The van der Waals surface area contributed by atoms with Gasteiger partial charge in [0.15, 0.2) is 5.82 Å². The zero-order valence-corrected chi connectivity index (χ0v) is 17.2. The maximum Gasteiger partial charge on any atom is 0.152 e. The number of rotatable bonds is 8. The molecule has 0 fully saturated rings. The number of aryl methyl sites for hydroxylation is 1. The highest BCUT2D eigenvalue weighted by atomic mass is 16.3. The molecule has 0 spiro atoms. The first-order valence-corrected chi connectivity index (χ1v) is 9.45. The summed E-state index contributed by atoms with van der Waals surface area (Å²) in [6.45, 7) is 14.2. The molecule has 2 aromatic rings. The third-order valence-corrected chi connectivity index (χ3v) is 4.36. The molecule has 0 aromatic carbocycles. The second-order valence-electron chi connectivity index (χ2n) is 7.11. The van der Waals surface area contributed by atoms with E-state index in [0.29, 0.717) is 17.4 Å². The van der Waals surface area contributed by atoms with Crippen LogP contribution in [0.25, 0.3) is 16.8 Å². The molecule has 2 rings (SSSR count). The average molecular weight is 370 g/mol. The van der Waals surface area contributed by atoms with Gasteiger partial charge in [0.25, 0.3) is 0 Å². The van der Waals surface area contributed by atoms with E-state index in [0.717, 1.165) is 40.5 Å². The Kier molecular flexibility index (Phi) is 6.91. The zero-order valence-electron chi connectivity index (χ0n) is 17.2. The van der Waals surface area contributed by atoms with E-state index in [4.69, 9.17) is 15.0 Å². The molecule has 0 amide bonds. The van der Waals surface area contributed by atoms with Gasteiger partial charge in [-0.05, 0) is 43.9 Å². The van der Waals surface area contributed by atoms with E-state index < -0.39 is 0 Å². The fourth-order valence-corrected chi connectivity index (χ4v) is 2.79. The van der Waals surface area contributed by atoms with E-state index in [1.807, 2.05) is 27.0 Å². The molecule has 0 bridgehead atoms. The van der Waals surface area contributed by atoms with Crippen LogP contribution in [-0.4, -0.2) is 39.8 Å². The molecule has 6 heteroatoms. The normalized spacial score (nSPS) is 12.1. The summed E-state index contributed by atoms with van der Waals surface area (Å²) in [6.07, 6.45) is 0.732. The Morgan fingerprint density at radius 3 is 2.37 bits per heavy atom. The first-order valence-electron chi connectivity index (χ1n) is 9.45. The minimum absolute atomic E-state index is 0.0189. The molecular formula is C21H31N5O. The number of aliphatic hydroxyl groups is 1. The zero-order chi connectivity index (χ0) is 20.1. The van der Waals surface area contributed by atoms with Crippen LogP contribution in [0, 0.1) is 0 Å². The number of hydrogen-bond donors (Lipinski definition) is 3. The van der Waals surface area contributed by atoms with Crippen molar-refractivity contribution in [3.8, 4) is 11.3 Å². The van der Waals surface area contributed by atoms with E-state index >= 15 is 0 Å². The number of aromatic nitrogens is 3. The highest BCUT2D eigenvalue weighted by molar-refractivity contribution is 5.78. The molecule has 1 unspecified atom stereocenters. The SMILES string of the molecule is C=C(C)c1nc(-c2ccc(C(C)C)nc2NC)c(CC)nc1NC(C)CO. The smallest absolute Gasteiger partial charge is 0.152 e. The Bertz CT molecular complexity index is 816. The van der Waals surface area contributed by atoms with Crippen LogP contribution < -0.4 is 10.6 Å². The Balaban J connectivity index is 2.66. The lowest BCUT2D eigenvalue weighted by Crippen LogP contribution is -2.22. The maximum atomic E-state index is 9.37.